The van der Waals surface area contributed by atoms with Gasteiger partial charge in [-0.3, -0.25) is 9.10 Å². The normalized spacial score (nSPS) is 11.4. The van der Waals surface area contributed by atoms with Crippen LogP contribution >= 0.6 is 39.1 Å². The van der Waals surface area contributed by atoms with Gasteiger partial charge in [-0.15, -0.1) is 0 Å². The third kappa shape index (κ3) is 8.48. The highest BCUT2D eigenvalue weighted by molar-refractivity contribution is 9.10. The van der Waals surface area contributed by atoms with E-state index in [4.69, 9.17) is 32.7 Å². The lowest BCUT2D eigenvalue weighted by atomic mass is 10.2. The van der Waals surface area contributed by atoms with Gasteiger partial charge in [0.1, 0.15) is 6.61 Å². The zero-order chi connectivity index (χ0) is 30.3. The SMILES string of the molecule is COc1cc(/C=N\NC(=O)c2ccc(N(Cc3ccc(Cl)cc3)S(C)(=O)=O)cc2)cc(Br)c1OCc1ccc(Cl)cc1. The number of nitrogens with zero attached hydrogens (tertiary/aromatic N) is 2. The minimum atomic E-state index is -3.59. The van der Waals surface area contributed by atoms with Gasteiger partial charge in [-0.1, -0.05) is 47.5 Å². The largest absolute Gasteiger partial charge is 0.493 e. The Kier molecular flexibility index (Phi) is 10.5. The molecule has 0 aliphatic rings. The van der Waals surface area contributed by atoms with E-state index in [9.17, 15) is 13.2 Å². The lowest BCUT2D eigenvalue weighted by Gasteiger charge is -2.22. The number of methoxy groups -OCH3 is 1. The average molecular weight is 691 g/mol. The maximum atomic E-state index is 12.7. The highest BCUT2D eigenvalue weighted by atomic mass is 79.9. The lowest BCUT2D eigenvalue weighted by Crippen LogP contribution is -2.29. The van der Waals surface area contributed by atoms with Crippen molar-refractivity contribution in [3.05, 3.63) is 122 Å². The molecule has 1 N–H and O–H groups in total. The summed E-state index contributed by atoms with van der Waals surface area (Å²) in [6, 6.07) is 24.0. The van der Waals surface area contributed by atoms with E-state index in [1.807, 2.05) is 12.1 Å². The molecule has 0 bridgehead atoms. The Balaban J connectivity index is 1.41. The number of benzene rings is 4. The minimum Gasteiger partial charge on any atom is -0.493 e. The fraction of sp³-hybridized carbons (Fsp3) is 0.133. The highest BCUT2D eigenvalue weighted by Crippen LogP contribution is 2.37. The van der Waals surface area contributed by atoms with Crippen LogP contribution in [0.1, 0.15) is 27.0 Å². The number of hydrazone groups is 1. The van der Waals surface area contributed by atoms with Crippen LogP contribution in [0.2, 0.25) is 10.0 Å². The molecule has 0 spiro atoms. The number of rotatable bonds is 11. The van der Waals surface area contributed by atoms with E-state index >= 15 is 0 Å². The van der Waals surface area contributed by atoms with Crippen LogP contribution in [0, 0.1) is 0 Å². The van der Waals surface area contributed by atoms with Crippen LogP contribution in [0.25, 0.3) is 0 Å². The predicted molar refractivity (Wildman–Crippen MR) is 170 cm³/mol. The molecule has 218 valence electrons. The molecule has 0 atom stereocenters. The van der Waals surface area contributed by atoms with Crippen molar-refractivity contribution in [1.82, 2.24) is 5.43 Å². The Morgan fingerprint density at radius 3 is 2.12 bits per heavy atom. The number of hydrogen-bond acceptors (Lipinski definition) is 6. The van der Waals surface area contributed by atoms with Crippen molar-refractivity contribution in [1.29, 1.82) is 0 Å². The molecule has 0 aliphatic carbocycles. The molecule has 0 saturated heterocycles. The summed E-state index contributed by atoms with van der Waals surface area (Å²) in [4.78, 5) is 12.7. The third-order valence-electron chi connectivity index (χ3n) is 5.99. The Hall–Kier alpha value is -3.57. The number of halogens is 3. The highest BCUT2D eigenvalue weighted by Gasteiger charge is 2.19. The monoisotopic (exact) mass is 689 g/mol. The van der Waals surface area contributed by atoms with Gasteiger partial charge >= 0.3 is 0 Å². The number of amides is 1. The van der Waals surface area contributed by atoms with Gasteiger partial charge in [0.2, 0.25) is 10.0 Å². The lowest BCUT2D eigenvalue weighted by molar-refractivity contribution is 0.0955. The van der Waals surface area contributed by atoms with E-state index in [0.29, 0.717) is 49.4 Å². The van der Waals surface area contributed by atoms with Crippen molar-refractivity contribution < 1.29 is 22.7 Å². The Morgan fingerprint density at radius 1 is 0.952 bits per heavy atom. The molecular weight excluding hydrogens is 665 g/mol. The smallest absolute Gasteiger partial charge is 0.271 e. The quantitative estimate of drug-likeness (QED) is 0.134. The molecule has 4 rings (SSSR count). The van der Waals surface area contributed by atoms with Crippen molar-refractivity contribution in [2.45, 2.75) is 13.2 Å². The van der Waals surface area contributed by atoms with Crippen molar-refractivity contribution in [2.24, 2.45) is 5.10 Å². The summed E-state index contributed by atoms with van der Waals surface area (Å²) in [7, 11) is -2.06. The first kappa shape index (κ1) is 31.4. The van der Waals surface area contributed by atoms with E-state index in [1.165, 1.54) is 29.8 Å². The third-order valence-corrected chi connectivity index (χ3v) is 8.22. The molecule has 12 heteroatoms. The topological polar surface area (TPSA) is 97.3 Å². The Morgan fingerprint density at radius 2 is 1.55 bits per heavy atom. The van der Waals surface area contributed by atoms with Gasteiger partial charge in [-0.2, -0.15) is 5.10 Å². The Labute approximate surface area is 263 Å². The van der Waals surface area contributed by atoms with Crippen LogP contribution in [0.3, 0.4) is 0 Å². The molecule has 0 heterocycles. The summed E-state index contributed by atoms with van der Waals surface area (Å²) >= 11 is 15.4. The predicted octanol–water partition coefficient (Wildman–Crippen LogP) is 7.07. The van der Waals surface area contributed by atoms with Crippen molar-refractivity contribution in [2.75, 3.05) is 17.7 Å². The van der Waals surface area contributed by atoms with Gasteiger partial charge in [0.15, 0.2) is 11.5 Å². The second-order valence-corrected chi connectivity index (χ2v) is 12.7. The van der Waals surface area contributed by atoms with Crippen molar-refractivity contribution in [3.63, 3.8) is 0 Å². The van der Waals surface area contributed by atoms with Gasteiger partial charge in [-0.25, -0.2) is 13.8 Å². The zero-order valence-electron chi connectivity index (χ0n) is 22.6. The molecule has 0 unspecified atom stereocenters. The van der Waals surface area contributed by atoms with E-state index in [0.717, 1.165) is 17.4 Å². The summed E-state index contributed by atoms with van der Waals surface area (Å²) < 4.78 is 38.3. The first-order valence-electron chi connectivity index (χ1n) is 12.4. The van der Waals surface area contributed by atoms with Gasteiger partial charge in [0.25, 0.3) is 5.91 Å². The van der Waals surface area contributed by atoms with Crippen molar-refractivity contribution in [3.8, 4) is 11.5 Å². The van der Waals surface area contributed by atoms with Crippen LogP contribution in [0.5, 0.6) is 11.5 Å². The van der Waals surface area contributed by atoms with E-state index in [2.05, 4.69) is 26.5 Å². The maximum absolute atomic E-state index is 12.7. The number of sulfonamides is 1. The standard InChI is InChI=1S/C30H26BrCl2N3O5S/c1-40-28-16-22(15-27(31)29(28)41-19-21-5-11-25(33)12-6-21)17-34-35-30(37)23-7-13-26(14-8-23)36(42(2,38)39)18-20-3-9-24(32)10-4-20/h3-17H,18-19H2,1-2H3,(H,35,37)/b34-17-. The van der Waals surface area contributed by atoms with Crippen LogP contribution in [-0.2, 0) is 23.2 Å². The number of anilines is 1. The molecule has 0 aliphatic heterocycles. The molecule has 1 amide bonds. The fourth-order valence-electron chi connectivity index (χ4n) is 3.86. The molecule has 0 aromatic heterocycles. The molecule has 0 saturated carbocycles. The van der Waals surface area contributed by atoms with E-state index in [1.54, 1.807) is 60.7 Å². The summed E-state index contributed by atoms with van der Waals surface area (Å²) in [5.41, 5.74) is 5.57. The summed E-state index contributed by atoms with van der Waals surface area (Å²) in [5.74, 6) is 0.541. The summed E-state index contributed by atoms with van der Waals surface area (Å²) in [6.45, 7) is 0.438. The van der Waals surface area contributed by atoms with Crippen LogP contribution < -0.4 is 19.2 Å². The number of carbonyl (C=O) groups is 1. The molecule has 4 aromatic carbocycles. The molecular formula is C30H26BrCl2N3O5S. The zero-order valence-corrected chi connectivity index (χ0v) is 26.5. The number of hydrogen-bond donors (Lipinski definition) is 1. The summed E-state index contributed by atoms with van der Waals surface area (Å²) in [6.07, 6.45) is 2.60. The number of carbonyl (C=O) groups excluding carboxylic acids is 1. The molecule has 4 aromatic rings. The molecule has 42 heavy (non-hydrogen) atoms. The van der Waals surface area contributed by atoms with Crippen LogP contribution in [-0.4, -0.2) is 33.9 Å². The molecule has 0 fully saturated rings. The van der Waals surface area contributed by atoms with Crippen molar-refractivity contribution >= 4 is 67.0 Å². The van der Waals surface area contributed by atoms with E-state index < -0.39 is 15.9 Å². The first-order valence-corrected chi connectivity index (χ1v) is 15.8. The van der Waals surface area contributed by atoms with Gasteiger partial charge < -0.3 is 9.47 Å². The van der Waals surface area contributed by atoms with Gasteiger partial charge in [0, 0.05) is 15.6 Å². The fourth-order valence-corrected chi connectivity index (χ4v) is 5.57. The second kappa shape index (κ2) is 14.1. The number of nitrogens with one attached hydrogen (secondary N) is 1. The van der Waals surface area contributed by atoms with E-state index in [-0.39, 0.29) is 6.54 Å². The van der Waals surface area contributed by atoms with Crippen LogP contribution in [0.15, 0.2) is 94.5 Å². The molecule has 8 nitrogen and oxygen atoms in total. The van der Waals surface area contributed by atoms with Gasteiger partial charge in [-0.05, 0) is 93.3 Å². The average Bonchev–Trinajstić information content (AvgIpc) is 2.96. The number of ether oxygens (including phenoxy) is 2. The second-order valence-electron chi connectivity index (χ2n) is 9.09. The van der Waals surface area contributed by atoms with Gasteiger partial charge in [0.05, 0.1) is 36.3 Å². The maximum Gasteiger partial charge on any atom is 0.271 e. The first-order chi connectivity index (χ1) is 20.0. The Bertz CT molecular complexity index is 1680. The minimum absolute atomic E-state index is 0.121. The summed E-state index contributed by atoms with van der Waals surface area (Å²) in [5, 5.41) is 5.26. The van der Waals surface area contributed by atoms with Crippen LogP contribution in [0.4, 0.5) is 5.69 Å². The molecule has 0 radical (unpaired) electrons.